The molecule has 2 aliphatic heterocycles. The van der Waals surface area contributed by atoms with Gasteiger partial charge in [0.2, 0.25) is 11.8 Å². The molecule has 268 valence electrons. The Kier molecular flexibility index (Phi) is 15.0. The van der Waals surface area contributed by atoms with E-state index in [2.05, 4.69) is 10.6 Å². The van der Waals surface area contributed by atoms with Gasteiger partial charge in [-0.15, -0.1) is 0 Å². The predicted molar refractivity (Wildman–Crippen MR) is 144 cm³/mol. The van der Waals surface area contributed by atoms with Gasteiger partial charge < -0.3 is 90.9 Å². The van der Waals surface area contributed by atoms with Crippen LogP contribution in [0.25, 0.3) is 0 Å². The zero-order valence-corrected chi connectivity index (χ0v) is 24.8. The lowest BCUT2D eigenvalue weighted by molar-refractivity contribution is -0.376. The van der Waals surface area contributed by atoms with E-state index in [1.807, 2.05) is 0 Å². The van der Waals surface area contributed by atoms with Gasteiger partial charge in [-0.25, -0.2) is 4.79 Å². The highest BCUT2D eigenvalue weighted by molar-refractivity contribution is 5.76. The van der Waals surface area contributed by atoms with Crippen LogP contribution in [-0.2, 0) is 33.3 Å². The van der Waals surface area contributed by atoms with Crippen molar-refractivity contribution in [2.45, 2.75) is 112 Å². The van der Waals surface area contributed by atoms with Crippen LogP contribution in [0.2, 0.25) is 0 Å². The smallest absolute Gasteiger partial charge is 0.364 e. The zero-order valence-electron chi connectivity index (χ0n) is 24.8. The first-order valence-electron chi connectivity index (χ1n) is 14.1. The Bertz CT molecular complexity index is 1010. The van der Waals surface area contributed by atoms with Gasteiger partial charge >= 0.3 is 5.97 Å². The number of amides is 2. The molecule has 2 heterocycles. The van der Waals surface area contributed by atoms with E-state index in [0.29, 0.717) is 0 Å². The Balaban J connectivity index is 2.50. The van der Waals surface area contributed by atoms with Gasteiger partial charge in [0.1, 0.15) is 61.0 Å². The summed E-state index contributed by atoms with van der Waals surface area (Å²) >= 11 is 0. The average molecular weight is 677 g/mol. The monoisotopic (exact) mass is 676 g/mol. The van der Waals surface area contributed by atoms with Crippen molar-refractivity contribution in [1.29, 1.82) is 0 Å². The minimum atomic E-state index is -3.07. The third-order valence-corrected chi connectivity index (χ3v) is 7.53. The normalized spacial score (nSPS) is 35.7. The first-order chi connectivity index (χ1) is 21.5. The molecule has 2 rings (SSSR count). The Morgan fingerprint density at radius 3 is 2.00 bits per heavy atom. The summed E-state index contributed by atoms with van der Waals surface area (Å²) in [7, 11) is 0. The van der Waals surface area contributed by atoms with Gasteiger partial charge in [0.25, 0.3) is 5.79 Å². The molecular weight excluding hydrogens is 632 g/mol. The van der Waals surface area contributed by atoms with Crippen molar-refractivity contribution < 1.29 is 94.6 Å². The summed E-state index contributed by atoms with van der Waals surface area (Å²) in [5.74, 6) is -6.55. The van der Waals surface area contributed by atoms with Crippen LogP contribution in [0.15, 0.2) is 0 Å². The molecule has 46 heavy (non-hydrogen) atoms. The lowest BCUT2D eigenvalue weighted by atomic mass is 9.88. The van der Waals surface area contributed by atoms with Gasteiger partial charge in [-0.3, -0.25) is 9.59 Å². The first kappa shape index (κ1) is 40.0. The lowest BCUT2D eigenvalue weighted by Gasteiger charge is -2.50. The number of aliphatic carboxylic acids is 1. The van der Waals surface area contributed by atoms with Crippen LogP contribution in [0.5, 0.6) is 0 Å². The summed E-state index contributed by atoms with van der Waals surface area (Å²) in [6.45, 7) is -1.98. The summed E-state index contributed by atoms with van der Waals surface area (Å²) in [4.78, 5) is 35.9. The predicted octanol–water partition coefficient (Wildman–Crippen LogP) is -8.44. The van der Waals surface area contributed by atoms with Crippen molar-refractivity contribution in [2.75, 3.05) is 26.4 Å². The molecule has 0 saturated carbocycles. The Morgan fingerprint density at radius 1 is 0.913 bits per heavy atom. The highest BCUT2D eigenvalue weighted by Gasteiger charge is 2.59. The quantitative estimate of drug-likeness (QED) is 0.0721. The summed E-state index contributed by atoms with van der Waals surface area (Å²) in [5.41, 5.74) is 0. The fourth-order valence-electron chi connectivity index (χ4n) is 5.16. The van der Waals surface area contributed by atoms with E-state index < -0.39 is 142 Å². The first-order valence-corrected chi connectivity index (χ1v) is 14.1. The minimum absolute atomic E-state index is 0.717. The molecule has 2 fully saturated rings. The van der Waals surface area contributed by atoms with Crippen molar-refractivity contribution >= 4 is 17.8 Å². The average Bonchev–Trinajstić information content (AvgIpc) is 3.00. The van der Waals surface area contributed by atoms with Gasteiger partial charge in [0.15, 0.2) is 6.29 Å². The van der Waals surface area contributed by atoms with Gasteiger partial charge in [-0.2, -0.15) is 0 Å². The van der Waals surface area contributed by atoms with Crippen LogP contribution in [-0.4, -0.2) is 197 Å². The largest absolute Gasteiger partial charge is 0.477 e. The Hall–Kier alpha value is -2.19. The topological polar surface area (TPSA) is 355 Å². The second-order valence-electron chi connectivity index (χ2n) is 11.0. The SMILES string of the molecule is CC(=O)N[C@H]1[C@H]([C@H](O)[C@H](O)CO)O[C@@](O[C@H]2[C@@H](O)[C@@H](CO)O[C@@H](O[C@@H]([C@H](O)[C@H](CO)NC(C)=O)[C@H](O)CO)[C@@H]2O)(C(=O)O)C[C@@H]1O. The molecule has 0 radical (unpaired) electrons. The molecule has 21 nitrogen and oxygen atoms in total. The third-order valence-electron chi connectivity index (χ3n) is 7.53. The molecule has 2 saturated heterocycles. The number of ether oxygens (including phenoxy) is 4. The molecule has 0 aromatic rings. The summed E-state index contributed by atoms with van der Waals surface area (Å²) in [6.07, 6.45) is -25.3. The van der Waals surface area contributed by atoms with Crippen LogP contribution in [0.1, 0.15) is 20.3 Å². The number of carbonyl (C=O) groups is 3. The van der Waals surface area contributed by atoms with E-state index in [-0.39, 0.29) is 0 Å². The zero-order chi connectivity index (χ0) is 35.1. The van der Waals surface area contributed by atoms with E-state index in [9.17, 15) is 75.7 Å². The van der Waals surface area contributed by atoms with E-state index in [4.69, 9.17) is 18.9 Å². The summed E-state index contributed by atoms with van der Waals surface area (Å²) in [6, 6.07) is -3.06. The molecule has 21 heteroatoms. The Morgan fingerprint density at radius 2 is 1.52 bits per heavy atom. The standard InChI is InChI=1S/C25H44N2O19/c1-8(32)26-10(4-28)16(37)20(13(36)6-30)44-23-19(40)22(18(39)14(7-31)43-23)46-25(24(41)42)3-11(34)15(27-9(2)33)21(45-25)17(38)12(35)5-29/h10-23,28-31,34-40H,3-7H2,1-2H3,(H,26,32)(H,27,33)(H,41,42)/t10-,11-,12+,13+,14+,15+,16+,17+,18-,19+,20+,21+,22-,23-,25-/m0/s1. The highest BCUT2D eigenvalue weighted by Crippen LogP contribution is 2.37. The van der Waals surface area contributed by atoms with Crippen LogP contribution >= 0.6 is 0 Å². The molecule has 14 N–H and O–H groups in total. The number of carbonyl (C=O) groups excluding carboxylic acids is 2. The third kappa shape index (κ3) is 9.24. The van der Waals surface area contributed by atoms with E-state index >= 15 is 0 Å². The maximum Gasteiger partial charge on any atom is 0.364 e. The molecule has 15 atom stereocenters. The molecule has 0 aromatic carbocycles. The number of rotatable bonds is 16. The van der Waals surface area contributed by atoms with Gasteiger partial charge in [0.05, 0.1) is 44.6 Å². The van der Waals surface area contributed by atoms with E-state index in [1.54, 1.807) is 0 Å². The van der Waals surface area contributed by atoms with Crippen molar-refractivity contribution in [2.24, 2.45) is 0 Å². The van der Waals surface area contributed by atoms with Crippen LogP contribution < -0.4 is 10.6 Å². The maximum absolute atomic E-state index is 12.6. The number of aliphatic hydroxyl groups is 11. The number of aliphatic hydroxyl groups excluding tert-OH is 11. The number of hydrogen-bond acceptors (Lipinski definition) is 18. The molecular formula is C25H44N2O19. The van der Waals surface area contributed by atoms with Gasteiger partial charge in [0, 0.05) is 20.3 Å². The van der Waals surface area contributed by atoms with Crippen molar-refractivity contribution in [3.8, 4) is 0 Å². The van der Waals surface area contributed by atoms with Gasteiger partial charge in [-0.05, 0) is 0 Å². The number of nitrogens with one attached hydrogen (secondary N) is 2. The fraction of sp³-hybridized carbons (Fsp3) is 0.880. The summed E-state index contributed by atoms with van der Waals surface area (Å²) in [5, 5.41) is 128. The number of carboxylic acid groups (broad SMARTS) is 1. The molecule has 0 unspecified atom stereocenters. The molecule has 2 amide bonds. The molecule has 2 aliphatic rings. The highest BCUT2D eigenvalue weighted by atomic mass is 16.8. The van der Waals surface area contributed by atoms with E-state index in [0.717, 1.165) is 13.8 Å². The van der Waals surface area contributed by atoms with Gasteiger partial charge in [-0.1, -0.05) is 0 Å². The lowest BCUT2D eigenvalue weighted by Crippen LogP contribution is -2.70. The summed E-state index contributed by atoms with van der Waals surface area (Å²) < 4.78 is 21.9. The minimum Gasteiger partial charge on any atom is -0.477 e. The molecule has 0 bridgehead atoms. The fourth-order valence-corrected chi connectivity index (χ4v) is 5.16. The van der Waals surface area contributed by atoms with Crippen molar-refractivity contribution in [1.82, 2.24) is 10.6 Å². The van der Waals surface area contributed by atoms with Crippen LogP contribution in [0.4, 0.5) is 0 Å². The maximum atomic E-state index is 12.6. The van der Waals surface area contributed by atoms with E-state index in [1.165, 1.54) is 0 Å². The Labute approximate surface area is 261 Å². The number of carboxylic acids is 1. The van der Waals surface area contributed by atoms with Crippen molar-refractivity contribution in [3.05, 3.63) is 0 Å². The molecule has 0 spiro atoms. The number of hydrogen-bond donors (Lipinski definition) is 14. The van der Waals surface area contributed by atoms with Crippen LogP contribution in [0, 0.1) is 0 Å². The second kappa shape index (κ2) is 17.3. The molecule has 0 aliphatic carbocycles. The van der Waals surface area contributed by atoms with Crippen molar-refractivity contribution in [3.63, 3.8) is 0 Å². The van der Waals surface area contributed by atoms with Crippen LogP contribution in [0.3, 0.4) is 0 Å². The second-order valence-corrected chi connectivity index (χ2v) is 11.0. The molecule has 0 aromatic heterocycles.